The zero-order chi connectivity index (χ0) is 23.2. The second kappa shape index (κ2) is 10.6. The number of fused-ring (bicyclic) bond motifs is 1. The summed E-state index contributed by atoms with van der Waals surface area (Å²) in [6.07, 6.45) is 6.43. The van der Waals surface area contributed by atoms with E-state index < -0.39 is 0 Å². The van der Waals surface area contributed by atoms with Crippen LogP contribution in [0.5, 0.6) is 0 Å². The minimum absolute atomic E-state index is 0.0160. The molecule has 1 fully saturated rings. The molecular weight excluding hydrogens is 414 g/mol. The maximum absolute atomic E-state index is 12.9. The molecule has 2 atom stereocenters. The van der Waals surface area contributed by atoms with Crippen LogP contribution in [0.4, 0.5) is 0 Å². The lowest BCUT2D eigenvalue weighted by Crippen LogP contribution is -2.35. The molecule has 1 saturated heterocycles. The minimum atomic E-state index is -0.267. The summed E-state index contributed by atoms with van der Waals surface area (Å²) in [5.41, 5.74) is 7.25. The molecule has 1 aliphatic heterocycles. The Labute approximate surface area is 194 Å². The normalized spacial score (nSPS) is 17.3. The number of H-pyrrole nitrogens is 1. The minimum Gasteiger partial charge on any atom is -0.370 e. The largest absolute Gasteiger partial charge is 0.370 e. The predicted molar refractivity (Wildman–Crippen MR) is 130 cm³/mol. The third-order valence-corrected chi connectivity index (χ3v) is 6.48. The van der Waals surface area contributed by atoms with Gasteiger partial charge in [0, 0.05) is 18.5 Å². The molecule has 0 spiro atoms. The summed E-state index contributed by atoms with van der Waals surface area (Å²) in [6, 6.07) is 14.4. The quantitative estimate of drug-likeness (QED) is 0.412. The van der Waals surface area contributed by atoms with Crippen molar-refractivity contribution in [1.29, 1.82) is 0 Å². The molecule has 7 heteroatoms. The molecule has 1 unspecified atom stereocenters. The van der Waals surface area contributed by atoms with Crippen molar-refractivity contribution in [2.24, 2.45) is 11.7 Å². The molecule has 33 heavy (non-hydrogen) atoms. The number of benzene rings is 2. The molecule has 0 saturated carbocycles. The number of aromatic nitrogens is 2. The van der Waals surface area contributed by atoms with Crippen LogP contribution < -0.4 is 11.1 Å². The van der Waals surface area contributed by atoms with Crippen molar-refractivity contribution in [2.75, 3.05) is 20.1 Å². The van der Waals surface area contributed by atoms with E-state index in [9.17, 15) is 9.59 Å². The summed E-state index contributed by atoms with van der Waals surface area (Å²) in [4.78, 5) is 34.2. The molecule has 1 aliphatic rings. The average Bonchev–Trinajstić information content (AvgIpc) is 3.47. The maximum atomic E-state index is 12.9. The van der Waals surface area contributed by atoms with Crippen LogP contribution in [0.15, 0.2) is 48.7 Å². The van der Waals surface area contributed by atoms with Crippen LogP contribution in [0, 0.1) is 5.92 Å². The zero-order valence-electron chi connectivity index (χ0n) is 19.2. The highest BCUT2D eigenvalue weighted by molar-refractivity contribution is 5.86. The van der Waals surface area contributed by atoms with Crippen LogP contribution in [-0.2, 0) is 9.59 Å². The van der Waals surface area contributed by atoms with Crippen LogP contribution in [0.25, 0.3) is 22.0 Å². The lowest BCUT2D eigenvalue weighted by Gasteiger charge is -2.19. The number of rotatable bonds is 10. The Morgan fingerprint density at radius 2 is 2.00 bits per heavy atom. The van der Waals surface area contributed by atoms with Crippen LogP contribution in [0.3, 0.4) is 0 Å². The van der Waals surface area contributed by atoms with E-state index in [0.29, 0.717) is 6.42 Å². The predicted octanol–water partition coefficient (Wildman–Crippen LogP) is 3.77. The van der Waals surface area contributed by atoms with E-state index >= 15 is 0 Å². The number of imidazole rings is 1. The second-order valence-corrected chi connectivity index (χ2v) is 9.12. The number of amides is 2. The van der Waals surface area contributed by atoms with Crippen molar-refractivity contribution >= 4 is 22.6 Å². The molecule has 7 nitrogen and oxygen atoms in total. The lowest BCUT2D eigenvalue weighted by atomic mass is 10.0. The SMILES string of the molecule is CN1CCC(C(=O)N[C@@H](CCCCCC(N)=O)c2ncc(-c3ccc4ccccc4c3)[nH]2)C1. The van der Waals surface area contributed by atoms with E-state index in [1.807, 2.05) is 25.4 Å². The molecule has 2 heterocycles. The van der Waals surface area contributed by atoms with Crippen LogP contribution in [0.1, 0.15) is 50.4 Å². The fourth-order valence-electron chi connectivity index (χ4n) is 4.56. The Hall–Kier alpha value is -3.19. The van der Waals surface area contributed by atoms with Gasteiger partial charge in [-0.25, -0.2) is 4.98 Å². The van der Waals surface area contributed by atoms with Gasteiger partial charge >= 0.3 is 0 Å². The summed E-state index contributed by atoms with van der Waals surface area (Å²) in [7, 11) is 2.05. The van der Waals surface area contributed by atoms with Gasteiger partial charge in [0.25, 0.3) is 0 Å². The third kappa shape index (κ3) is 5.99. The van der Waals surface area contributed by atoms with Gasteiger partial charge in [0.1, 0.15) is 5.82 Å². The standard InChI is InChI=1S/C26H33N5O2/c1-31-14-13-21(17-31)26(33)30-22(9-3-2-4-10-24(27)32)25-28-16-23(29-25)20-12-11-18-7-5-6-8-19(18)15-20/h5-8,11-12,15-16,21-22H,2-4,9-10,13-14,17H2,1H3,(H2,27,32)(H,28,29)(H,30,33)/t21?,22-/m0/s1. The van der Waals surface area contributed by atoms with Gasteiger partial charge < -0.3 is 20.9 Å². The summed E-state index contributed by atoms with van der Waals surface area (Å²) in [5.74, 6) is 0.608. The van der Waals surface area contributed by atoms with Gasteiger partial charge in [-0.1, -0.05) is 49.2 Å². The van der Waals surface area contributed by atoms with E-state index in [0.717, 1.165) is 62.3 Å². The Morgan fingerprint density at radius 3 is 2.76 bits per heavy atom. The number of hydrogen-bond donors (Lipinski definition) is 3. The Balaban J connectivity index is 1.48. The number of aromatic amines is 1. The lowest BCUT2D eigenvalue weighted by molar-refractivity contribution is -0.125. The van der Waals surface area contributed by atoms with E-state index in [2.05, 4.69) is 50.5 Å². The molecular formula is C26H33N5O2. The molecule has 1 aromatic heterocycles. The number of carbonyl (C=O) groups is 2. The first-order chi connectivity index (χ1) is 16.0. The van der Waals surface area contributed by atoms with E-state index in [1.165, 1.54) is 10.8 Å². The van der Waals surface area contributed by atoms with E-state index in [1.54, 1.807) is 0 Å². The van der Waals surface area contributed by atoms with Crippen molar-refractivity contribution in [1.82, 2.24) is 20.2 Å². The Kier molecular flexibility index (Phi) is 7.40. The van der Waals surface area contributed by atoms with Crippen LogP contribution in [-0.4, -0.2) is 46.8 Å². The molecule has 2 aromatic carbocycles. The number of nitrogens with zero attached hydrogens (tertiary/aromatic N) is 2. The summed E-state index contributed by atoms with van der Waals surface area (Å²) >= 11 is 0. The van der Waals surface area contributed by atoms with Gasteiger partial charge in [-0.2, -0.15) is 0 Å². The van der Waals surface area contributed by atoms with Crippen molar-refractivity contribution in [3.8, 4) is 11.3 Å². The molecule has 3 aromatic rings. The topological polar surface area (TPSA) is 104 Å². The molecule has 0 bridgehead atoms. The smallest absolute Gasteiger partial charge is 0.225 e. The summed E-state index contributed by atoms with van der Waals surface area (Å²) in [5, 5.41) is 5.61. The number of hydrogen-bond acceptors (Lipinski definition) is 4. The molecule has 0 aliphatic carbocycles. The van der Waals surface area contributed by atoms with E-state index in [4.69, 9.17) is 5.73 Å². The molecule has 2 amide bonds. The fraction of sp³-hybridized carbons (Fsp3) is 0.423. The highest BCUT2D eigenvalue weighted by Gasteiger charge is 2.28. The van der Waals surface area contributed by atoms with Gasteiger partial charge in [0.05, 0.1) is 23.9 Å². The van der Waals surface area contributed by atoms with Crippen molar-refractivity contribution < 1.29 is 9.59 Å². The van der Waals surface area contributed by atoms with Gasteiger partial charge in [0.15, 0.2) is 0 Å². The highest BCUT2D eigenvalue weighted by atomic mass is 16.2. The van der Waals surface area contributed by atoms with Crippen LogP contribution >= 0.6 is 0 Å². The number of primary amides is 1. The van der Waals surface area contributed by atoms with Gasteiger partial charge in [-0.3, -0.25) is 9.59 Å². The monoisotopic (exact) mass is 447 g/mol. The first-order valence-corrected chi connectivity index (χ1v) is 11.8. The average molecular weight is 448 g/mol. The Bertz CT molecular complexity index is 1110. The van der Waals surface area contributed by atoms with Crippen LogP contribution in [0.2, 0.25) is 0 Å². The highest BCUT2D eigenvalue weighted by Crippen LogP contribution is 2.26. The summed E-state index contributed by atoms with van der Waals surface area (Å²) in [6.45, 7) is 1.74. The zero-order valence-corrected chi connectivity index (χ0v) is 19.2. The number of likely N-dealkylation sites (tertiary alicyclic amines) is 1. The van der Waals surface area contributed by atoms with Gasteiger partial charge in [-0.15, -0.1) is 0 Å². The maximum Gasteiger partial charge on any atom is 0.225 e. The molecule has 4 N–H and O–H groups in total. The van der Waals surface area contributed by atoms with E-state index in [-0.39, 0.29) is 23.8 Å². The molecule has 174 valence electrons. The number of unbranched alkanes of at least 4 members (excludes halogenated alkanes) is 2. The Morgan fingerprint density at radius 1 is 1.18 bits per heavy atom. The first-order valence-electron chi connectivity index (χ1n) is 11.8. The fourth-order valence-corrected chi connectivity index (χ4v) is 4.56. The first kappa shape index (κ1) is 23.0. The number of carbonyl (C=O) groups excluding carboxylic acids is 2. The second-order valence-electron chi connectivity index (χ2n) is 9.12. The van der Waals surface area contributed by atoms with Crippen molar-refractivity contribution in [3.63, 3.8) is 0 Å². The van der Waals surface area contributed by atoms with Crippen molar-refractivity contribution in [2.45, 2.75) is 44.6 Å². The molecule has 0 radical (unpaired) electrons. The summed E-state index contributed by atoms with van der Waals surface area (Å²) < 4.78 is 0. The third-order valence-electron chi connectivity index (χ3n) is 6.48. The van der Waals surface area contributed by atoms with Gasteiger partial charge in [-0.05, 0) is 49.7 Å². The number of nitrogens with two attached hydrogens (primary N) is 1. The number of nitrogens with one attached hydrogen (secondary N) is 2. The van der Waals surface area contributed by atoms with Gasteiger partial charge in [0.2, 0.25) is 11.8 Å². The van der Waals surface area contributed by atoms with Crippen molar-refractivity contribution in [3.05, 3.63) is 54.5 Å². The molecule has 4 rings (SSSR count).